The van der Waals surface area contributed by atoms with Crippen LogP contribution in [0.15, 0.2) is 22.7 Å². The van der Waals surface area contributed by atoms with Gasteiger partial charge in [0.1, 0.15) is 5.60 Å². The zero-order valence-electron chi connectivity index (χ0n) is 10.3. The van der Waals surface area contributed by atoms with Gasteiger partial charge in [-0.25, -0.2) is 9.59 Å². The number of esters is 1. The average molecular weight is 316 g/mol. The number of hydrogen-bond acceptors (Lipinski definition) is 3. The van der Waals surface area contributed by atoms with Crippen LogP contribution in [0, 0.1) is 0 Å². The molecule has 0 bridgehead atoms. The number of ether oxygens (including phenoxy) is 1. The number of halogens is 1. The predicted molar refractivity (Wildman–Crippen MR) is 71.0 cm³/mol. The molecule has 0 spiro atoms. The van der Waals surface area contributed by atoms with Crippen LogP contribution in [0.3, 0.4) is 0 Å². The van der Waals surface area contributed by atoms with Crippen molar-refractivity contribution in [2.24, 2.45) is 0 Å². The van der Waals surface area contributed by atoms with E-state index in [4.69, 9.17) is 9.84 Å². The van der Waals surface area contributed by atoms with Crippen molar-refractivity contribution in [3.8, 4) is 0 Å². The molecule has 0 aliphatic heterocycles. The van der Waals surface area contributed by atoms with E-state index in [0.717, 1.165) is 0 Å². The third-order valence-corrected chi connectivity index (χ3v) is 2.53. The van der Waals surface area contributed by atoms with E-state index < -0.39 is 17.7 Å². The first-order valence-electron chi connectivity index (χ1n) is 5.22. The zero-order chi connectivity index (χ0) is 13.9. The van der Waals surface area contributed by atoms with Crippen LogP contribution in [0.1, 0.15) is 31.1 Å². The first-order chi connectivity index (χ1) is 8.19. The molecule has 2 N–H and O–H groups in total. The number of hydrogen-bond donors (Lipinski definition) is 2. The van der Waals surface area contributed by atoms with Crippen LogP contribution < -0.4 is 5.32 Å². The molecule has 0 aromatic heterocycles. The normalized spacial score (nSPS) is 10.9. The Morgan fingerprint density at radius 3 is 2.44 bits per heavy atom. The maximum absolute atomic E-state index is 11.8. The van der Waals surface area contributed by atoms with Gasteiger partial charge in [-0.2, -0.15) is 0 Å². The van der Waals surface area contributed by atoms with Gasteiger partial charge in [-0.3, -0.25) is 5.32 Å². The molecule has 1 aromatic carbocycles. The third-order valence-electron chi connectivity index (χ3n) is 1.84. The van der Waals surface area contributed by atoms with E-state index in [2.05, 4.69) is 21.2 Å². The van der Waals surface area contributed by atoms with Gasteiger partial charge in [0.2, 0.25) is 0 Å². The first kappa shape index (κ1) is 14.5. The molecule has 0 unspecified atom stereocenters. The van der Waals surface area contributed by atoms with Gasteiger partial charge < -0.3 is 9.84 Å². The van der Waals surface area contributed by atoms with Crippen LogP contribution in [0.5, 0.6) is 0 Å². The summed E-state index contributed by atoms with van der Waals surface area (Å²) in [5, 5.41) is 10.9. The number of benzene rings is 1. The Morgan fingerprint density at radius 1 is 1.33 bits per heavy atom. The second-order valence-electron chi connectivity index (χ2n) is 4.63. The van der Waals surface area contributed by atoms with Gasteiger partial charge in [0, 0.05) is 4.47 Å². The Morgan fingerprint density at radius 2 is 1.94 bits per heavy atom. The van der Waals surface area contributed by atoms with Gasteiger partial charge in [0.05, 0.1) is 11.3 Å². The zero-order valence-corrected chi connectivity index (χ0v) is 11.9. The molecule has 0 aliphatic carbocycles. The highest BCUT2D eigenvalue weighted by Crippen LogP contribution is 2.24. The highest BCUT2D eigenvalue weighted by Gasteiger charge is 2.18. The van der Waals surface area contributed by atoms with Crippen LogP contribution in [-0.4, -0.2) is 22.8 Å². The van der Waals surface area contributed by atoms with Gasteiger partial charge in [-0.15, -0.1) is 0 Å². The SMILES string of the molecule is CC(C)(C)OC(=O)c1ccc(Br)c(NC(=O)O)c1. The van der Waals surface area contributed by atoms with Gasteiger partial charge in [0.25, 0.3) is 0 Å². The highest BCUT2D eigenvalue weighted by atomic mass is 79.9. The van der Waals surface area contributed by atoms with Crippen molar-refractivity contribution in [3.63, 3.8) is 0 Å². The number of carbonyl (C=O) groups is 2. The summed E-state index contributed by atoms with van der Waals surface area (Å²) in [5.41, 5.74) is -0.00685. The number of nitrogens with one attached hydrogen (secondary N) is 1. The summed E-state index contributed by atoms with van der Waals surface area (Å²) in [6.07, 6.45) is -1.20. The predicted octanol–water partition coefficient (Wildman–Crippen LogP) is 3.49. The highest BCUT2D eigenvalue weighted by molar-refractivity contribution is 9.10. The maximum Gasteiger partial charge on any atom is 0.409 e. The minimum absolute atomic E-state index is 0.289. The minimum atomic E-state index is -1.20. The fourth-order valence-electron chi connectivity index (χ4n) is 1.20. The summed E-state index contributed by atoms with van der Waals surface area (Å²) in [6.45, 7) is 5.29. The van der Waals surface area contributed by atoms with E-state index in [-0.39, 0.29) is 5.56 Å². The van der Waals surface area contributed by atoms with E-state index in [1.54, 1.807) is 32.9 Å². The topological polar surface area (TPSA) is 75.6 Å². The van der Waals surface area contributed by atoms with E-state index in [1.165, 1.54) is 6.07 Å². The Hall–Kier alpha value is -1.56. The van der Waals surface area contributed by atoms with Crippen molar-refractivity contribution in [1.82, 2.24) is 0 Å². The monoisotopic (exact) mass is 315 g/mol. The van der Waals surface area contributed by atoms with Crippen molar-refractivity contribution in [3.05, 3.63) is 28.2 Å². The summed E-state index contributed by atoms with van der Waals surface area (Å²) in [4.78, 5) is 22.4. The molecule has 0 fully saturated rings. The molecular formula is C12H14BrNO4. The maximum atomic E-state index is 11.8. The van der Waals surface area contributed by atoms with Gasteiger partial charge in [0.15, 0.2) is 0 Å². The largest absolute Gasteiger partial charge is 0.465 e. The van der Waals surface area contributed by atoms with Crippen molar-refractivity contribution < 1.29 is 19.4 Å². The number of anilines is 1. The lowest BCUT2D eigenvalue weighted by Gasteiger charge is -2.19. The van der Waals surface area contributed by atoms with E-state index in [9.17, 15) is 9.59 Å². The Balaban J connectivity index is 2.97. The molecule has 5 nitrogen and oxygen atoms in total. The Bertz CT molecular complexity index is 479. The van der Waals surface area contributed by atoms with Crippen LogP contribution in [0.4, 0.5) is 10.5 Å². The van der Waals surface area contributed by atoms with Crippen LogP contribution in [-0.2, 0) is 4.74 Å². The minimum Gasteiger partial charge on any atom is -0.465 e. The lowest BCUT2D eigenvalue weighted by molar-refractivity contribution is 0.00695. The van der Waals surface area contributed by atoms with Crippen LogP contribution in [0.2, 0.25) is 0 Å². The van der Waals surface area contributed by atoms with E-state index in [0.29, 0.717) is 10.2 Å². The molecular weight excluding hydrogens is 302 g/mol. The average Bonchev–Trinajstić information content (AvgIpc) is 2.17. The lowest BCUT2D eigenvalue weighted by atomic mass is 10.1. The van der Waals surface area contributed by atoms with E-state index >= 15 is 0 Å². The third kappa shape index (κ3) is 4.37. The Kier molecular flexibility index (Phi) is 4.34. The molecule has 0 radical (unpaired) electrons. The lowest BCUT2D eigenvalue weighted by Crippen LogP contribution is -2.24. The molecule has 18 heavy (non-hydrogen) atoms. The Labute approximate surface area is 113 Å². The van der Waals surface area contributed by atoms with Gasteiger partial charge in [-0.1, -0.05) is 0 Å². The molecule has 1 rings (SSSR count). The first-order valence-corrected chi connectivity index (χ1v) is 6.01. The molecule has 1 amide bonds. The van der Waals surface area contributed by atoms with Crippen molar-refractivity contribution in [2.45, 2.75) is 26.4 Å². The van der Waals surface area contributed by atoms with Gasteiger partial charge in [-0.05, 0) is 54.9 Å². The molecule has 6 heteroatoms. The van der Waals surface area contributed by atoms with Crippen molar-refractivity contribution in [2.75, 3.05) is 5.32 Å². The van der Waals surface area contributed by atoms with Crippen molar-refractivity contribution in [1.29, 1.82) is 0 Å². The standard InChI is InChI=1S/C12H14BrNO4/c1-12(2,3)18-10(15)7-4-5-8(13)9(6-7)14-11(16)17/h4-6,14H,1-3H3,(H,16,17). The molecule has 0 saturated heterocycles. The fraction of sp³-hybridized carbons (Fsp3) is 0.333. The number of rotatable bonds is 2. The molecule has 0 aliphatic rings. The summed E-state index contributed by atoms with van der Waals surface area (Å²) >= 11 is 3.19. The van der Waals surface area contributed by atoms with Crippen LogP contribution in [0.25, 0.3) is 0 Å². The number of carbonyl (C=O) groups excluding carboxylic acids is 1. The molecule has 0 atom stereocenters. The number of amides is 1. The fourth-order valence-corrected chi connectivity index (χ4v) is 1.55. The van der Waals surface area contributed by atoms with Crippen molar-refractivity contribution >= 4 is 33.7 Å². The van der Waals surface area contributed by atoms with Gasteiger partial charge >= 0.3 is 12.1 Å². The summed E-state index contributed by atoms with van der Waals surface area (Å²) in [6, 6.07) is 4.57. The second kappa shape index (κ2) is 5.39. The summed E-state index contributed by atoms with van der Waals surface area (Å²) < 4.78 is 5.75. The van der Waals surface area contributed by atoms with E-state index in [1.807, 2.05) is 0 Å². The van der Waals surface area contributed by atoms with Crippen LogP contribution >= 0.6 is 15.9 Å². The smallest absolute Gasteiger partial charge is 0.409 e. The molecule has 0 saturated carbocycles. The second-order valence-corrected chi connectivity index (χ2v) is 5.48. The summed E-state index contributed by atoms with van der Waals surface area (Å²) in [5.74, 6) is -0.497. The molecule has 98 valence electrons. The molecule has 0 heterocycles. The molecule has 1 aromatic rings. The quantitative estimate of drug-likeness (QED) is 0.819. The summed E-state index contributed by atoms with van der Waals surface area (Å²) in [7, 11) is 0. The number of carboxylic acid groups (broad SMARTS) is 1.